The first-order valence-electron chi connectivity index (χ1n) is 6.50. The minimum atomic E-state index is 0.108. The van der Waals surface area contributed by atoms with Gasteiger partial charge in [-0.3, -0.25) is 9.79 Å². The van der Waals surface area contributed by atoms with Crippen molar-refractivity contribution in [2.24, 2.45) is 4.99 Å². The summed E-state index contributed by atoms with van der Waals surface area (Å²) in [7, 11) is 1.79. The normalized spacial score (nSPS) is 16.1. The fourth-order valence-corrected chi connectivity index (χ4v) is 1.90. The number of amides is 1. The lowest BCUT2D eigenvalue weighted by molar-refractivity contribution is -0.120. The van der Waals surface area contributed by atoms with Gasteiger partial charge in [0.1, 0.15) is 0 Å². The molecule has 0 radical (unpaired) electrons. The molecule has 5 nitrogen and oxygen atoms in total. The zero-order chi connectivity index (χ0) is 12.5. The monoisotopic (exact) mass is 240 g/mol. The number of aliphatic imine (C=N–C) groups is 1. The van der Waals surface area contributed by atoms with Crippen LogP contribution in [0.3, 0.4) is 0 Å². The third-order valence-corrected chi connectivity index (χ3v) is 2.82. The van der Waals surface area contributed by atoms with E-state index in [0.29, 0.717) is 13.0 Å². The number of rotatable bonds is 5. The van der Waals surface area contributed by atoms with Gasteiger partial charge in [0, 0.05) is 39.6 Å². The Kier molecular flexibility index (Phi) is 6.43. The summed E-state index contributed by atoms with van der Waals surface area (Å²) in [4.78, 5) is 17.9. The maximum atomic E-state index is 11.4. The van der Waals surface area contributed by atoms with Gasteiger partial charge in [-0.1, -0.05) is 6.92 Å². The minimum Gasteiger partial charge on any atom is -0.356 e. The fraction of sp³-hybridized carbons (Fsp3) is 0.833. The van der Waals surface area contributed by atoms with Crippen LogP contribution in [0.2, 0.25) is 0 Å². The van der Waals surface area contributed by atoms with Crippen LogP contribution in [0, 0.1) is 0 Å². The van der Waals surface area contributed by atoms with Crippen LogP contribution < -0.4 is 10.6 Å². The molecule has 1 amide bonds. The van der Waals surface area contributed by atoms with Gasteiger partial charge in [-0.25, -0.2) is 0 Å². The molecule has 1 fully saturated rings. The first kappa shape index (κ1) is 13.8. The molecule has 0 atom stereocenters. The molecule has 1 saturated heterocycles. The molecule has 17 heavy (non-hydrogen) atoms. The van der Waals surface area contributed by atoms with Crippen LogP contribution in [0.5, 0.6) is 0 Å². The van der Waals surface area contributed by atoms with Crippen molar-refractivity contribution in [3.05, 3.63) is 0 Å². The van der Waals surface area contributed by atoms with E-state index < -0.39 is 0 Å². The van der Waals surface area contributed by atoms with E-state index in [0.717, 1.165) is 32.0 Å². The molecule has 1 rings (SSSR count). The Morgan fingerprint density at radius 2 is 1.94 bits per heavy atom. The highest BCUT2D eigenvalue weighted by atomic mass is 16.1. The van der Waals surface area contributed by atoms with Crippen molar-refractivity contribution in [2.75, 3.05) is 33.2 Å². The number of nitrogens with zero attached hydrogens (tertiary/aromatic N) is 2. The van der Waals surface area contributed by atoms with Crippen LogP contribution in [-0.2, 0) is 4.79 Å². The van der Waals surface area contributed by atoms with E-state index in [9.17, 15) is 4.79 Å². The Hall–Kier alpha value is -1.26. The maximum Gasteiger partial charge on any atom is 0.221 e. The van der Waals surface area contributed by atoms with Crippen molar-refractivity contribution in [2.45, 2.75) is 32.6 Å². The summed E-state index contributed by atoms with van der Waals surface area (Å²) in [6.07, 6.45) is 3.96. The van der Waals surface area contributed by atoms with Gasteiger partial charge in [-0.05, 0) is 19.3 Å². The van der Waals surface area contributed by atoms with Gasteiger partial charge in [-0.15, -0.1) is 0 Å². The predicted octanol–water partition coefficient (Wildman–Crippen LogP) is 0.574. The number of hydrogen-bond donors (Lipinski definition) is 2. The van der Waals surface area contributed by atoms with E-state index in [1.165, 1.54) is 12.8 Å². The first-order chi connectivity index (χ1) is 8.27. The Bertz CT molecular complexity index is 259. The third-order valence-electron chi connectivity index (χ3n) is 2.82. The van der Waals surface area contributed by atoms with Crippen LogP contribution in [0.15, 0.2) is 4.99 Å². The first-order valence-corrected chi connectivity index (χ1v) is 6.50. The minimum absolute atomic E-state index is 0.108. The average molecular weight is 240 g/mol. The topological polar surface area (TPSA) is 56.7 Å². The number of carbonyl (C=O) groups is 1. The summed E-state index contributed by atoms with van der Waals surface area (Å²) in [5.41, 5.74) is 0. The number of hydrogen-bond acceptors (Lipinski definition) is 2. The van der Waals surface area contributed by atoms with Crippen molar-refractivity contribution >= 4 is 11.9 Å². The van der Waals surface area contributed by atoms with Crippen molar-refractivity contribution in [1.82, 2.24) is 15.5 Å². The van der Waals surface area contributed by atoms with Gasteiger partial charge < -0.3 is 15.5 Å². The maximum absolute atomic E-state index is 11.4. The summed E-state index contributed by atoms with van der Waals surface area (Å²) < 4.78 is 0. The van der Waals surface area contributed by atoms with Gasteiger partial charge in [0.05, 0.1) is 0 Å². The van der Waals surface area contributed by atoms with E-state index >= 15 is 0 Å². The van der Waals surface area contributed by atoms with Crippen LogP contribution >= 0.6 is 0 Å². The van der Waals surface area contributed by atoms with Gasteiger partial charge in [0.2, 0.25) is 5.91 Å². The van der Waals surface area contributed by atoms with Crippen LogP contribution in [0.4, 0.5) is 0 Å². The van der Waals surface area contributed by atoms with Crippen molar-refractivity contribution in [3.8, 4) is 0 Å². The van der Waals surface area contributed by atoms with Gasteiger partial charge in [0.15, 0.2) is 5.96 Å². The van der Waals surface area contributed by atoms with Gasteiger partial charge in [-0.2, -0.15) is 0 Å². The lowest BCUT2D eigenvalue weighted by Crippen LogP contribution is -2.41. The molecule has 0 saturated carbocycles. The van der Waals surface area contributed by atoms with Crippen LogP contribution in [-0.4, -0.2) is 50.0 Å². The Labute approximate surface area is 104 Å². The lowest BCUT2D eigenvalue weighted by atomic mass is 10.4. The molecule has 0 bridgehead atoms. The van der Waals surface area contributed by atoms with E-state index in [-0.39, 0.29) is 5.91 Å². The molecule has 1 aliphatic heterocycles. The second-order valence-corrected chi connectivity index (χ2v) is 4.27. The molecule has 0 aliphatic carbocycles. The summed E-state index contributed by atoms with van der Waals surface area (Å²) in [6, 6.07) is 0. The third kappa shape index (κ3) is 5.06. The zero-order valence-corrected chi connectivity index (χ0v) is 11.0. The van der Waals surface area contributed by atoms with Gasteiger partial charge in [0.25, 0.3) is 0 Å². The zero-order valence-electron chi connectivity index (χ0n) is 11.0. The number of carbonyl (C=O) groups excluding carboxylic acids is 1. The van der Waals surface area contributed by atoms with E-state index in [1.807, 2.05) is 6.92 Å². The largest absolute Gasteiger partial charge is 0.356 e. The van der Waals surface area contributed by atoms with Crippen molar-refractivity contribution < 1.29 is 4.79 Å². The second-order valence-electron chi connectivity index (χ2n) is 4.27. The molecule has 0 spiro atoms. The van der Waals surface area contributed by atoms with E-state index in [2.05, 4.69) is 20.5 Å². The smallest absolute Gasteiger partial charge is 0.221 e. The number of nitrogens with one attached hydrogen (secondary N) is 2. The van der Waals surface area contributed by atoms with E-state index in [4.69, 9.17) is 0 Å². The standard InChI is InChI=1S/C12H24N4O/c1-3-7-14-11(17)6-8-15-12(13-2)16-9-4-5-10-16/h3-10H2,1-2H3,(H,13,15)(H,14,17). The molecule has 98 valence electrons. The SMILES string of the molecule is CCCNC(=O)CCNC(=NC)N1CCCC1. The molecule has 1 heterocycles. The van der Waals surface area contributed by atoms with Gasteiger partial charge >= 0.3 is 0 Å². The highest BCUT2D eigenvalue weighted by Gasteiger charge is 2.15. The van der Waals surface area contributed by atoms with Crippen LogP contribution in [0.25, 0.3) is 0 Å². The molecule has 0 aromatic rings. The molecular weight excluding hydrogens is 216 g/mol. The average Bonchev–Trinajstić information content (AvgIpc) is 2.85. The predicted molar refractivity (Wildman–Crippen MR) is 70.1 cm³/mol. The molecular formula is C12H24N4O. The Morgan fingerprint density at radius 3 is 2.53 bits per heavy atom. The number of guanidine groups is 1. The summed E-state index contributed by atoms with van der Waals surface area (Å²) in [5, 5.41) is 6.09. The molecule has 1 aliphatic rings. The van der Waals surface area contributed by atoms with E-state index in [1.54, 1.807) is 7.05 Å². The molecule has 5 heteroatoms. The lowest BCUT2D eigenvalue weighted by Gasteiger charge is -2.20. The fourth-order valence-electron chi connectivity index (χ4n) is 1.90. The quantitative estimate of drug-likeness (QED) is 0.546. The summed E-state index contributed by atoms with van der Waals surface area (Å²) in [5.74, 6) is 1.03. The van der Waals surface area contributed by atoms with Crippen LogP contribution in [0.1, 0.15) is 32.6 Å². The highest BCUT2D eigenvalue weighted by molar-refractivity contribution is 5.81. The molecule has 0 unspecified atom stereocenters. The molecule has 0 aromatic carbocycles. The Balaban J connectivity index is 2.17. The summed E-state index contributed by atoms with van der Waals surface area (Å²) in [6.45, 7) is 5.61. The molecule has 2 N–H and O–H groups in total. The Morgan fingerprint density at radius 1 is 1.24 bits per heavy atom. The molecule has 0 aromatic heterocycles. The highest BCUT2D eigenvalue weighted by Crippen LogP contribution is 2.06. The summed E-state index contributed by atoms with van der Waals surface area (Å²) >= 11 is 0. The van der Waals surface area contributed by atoms with Crippen molar-refractivity contribution in [3.63, 3.8) is 0 Å². The number of likely N-dealkylation sites (tertiary alicyclic amines) is 1. The van der Waals surface area contributed by atoms with Crippen molar-refractivity contribution in [1.29, 1.82) is 0 Å². The second kappa shape index (κ2) is 7.92.